The lowest BCUT2D eigenvalue weighted by Crippen LogP contribution is -2.26. The van der Waals surface area contributed by atoms with E-state index in [9.17, 15) is 9.59 Å². The molecule has 2 rings (SSSR count). The summed E-state index contributed by atoms with van der Waals surface area (Å²) in [5, 5.41) is 7.65. The van der Waals surface area contributed by atoms with Crippen molar-refractivity contribution in [3.05, 3.63) is 40.7 Å². The van der Waals surface area contributed by atoms with Gasteiger partial charge in [-0.05, 0) is 18.6 Å². The monoisotopic (exact) mass is 287 g/mol. The number of nitrogens with one attached hydrogen (secondary N) is 1. The smallest absolute Gasteiger partial charge is 0.221 e. The van der Waals surface area contributed by atoms with E-state index in [0.29, 0.717) is 18.4 Å². The van der Waals surface area contributed by atoms with E-state index in [4.69, 9.17) is 0 Å². The summed E-state index contributed by atoms with van der Waals surface area (Å²) >= 11 is 0. The highest BCUT2D eigenvalue weighted by molar-refractivity contribution is 5.78. The predicted molar refractivity (Wildman–Crippen MR) is 83.2 cm³/mol. The number of amides is 1. The van der Waals surface area contributed by atoms with Gasteiger partial charge in [-0.25, -0.2) is 0 Å². The van der Waals surface area contributed by atoms with Crippen LogP contribution < -0.4 is 10.7 Å². The van der Waals surface area contributed by atoms with Crippen LogP contribution in [0, 0.1) is 0 Å². The summed E-state index contributed by atoms with van der Waals surface area (Å²) in [7, 11) is 0. The Morgan fingerprint density at radius 2 is 2.10 bits per heavy atom. The third-order valence-electron chi connectivity index (χ3n) is 3.42. The van der Waals surface area contributed by atoms with Gasteiger partial charge in [0.15, 0.2) is 0 Å². The molecule has 0 unspecified atom stereocenters. The minimum Gasteiger partial charge on any atom is -0.356 e. The van der Waals surface area contributed by atoms with E-state index >= 15 is 0 Å². The molecule has 0 aliphatic carbocycles. The molecular weight excluding hydrogens is 266 g/mol. The number of fused-ring (bicyclic) bond motifs is 1. The van der Waals surface area contributed by atoms with Crippen LogP contribution in [-0.4, -0.2) is 22.2 Å². The Kier molecular flexibility index (Phi) is 5.49. The Hall–Kier alpha value is -2.17. The third kappa shape index (κ3) is 4.15. The SMILES string of the molecule is CCCCCNC(=O)CCn1ncc(=O)c2ccccc21. The average Bonchev–Trinajstić information content (AvgIpc) is 2.51. The van der Waals surface area contributed by atoms with E-state index in [1.54, 1.807) is 10.7 Å². The third-order valence-corrected chi connectivity index (χ3v) is 3.42. The number of unbranched alkanes of at least 4 members (excludes halogenated alkanes) is 2. The number of aryl methyl sites for hydroxylation is 1. The van der Waals surface area contributed by atoms with Crippen molar-refractivity contribution >= 4 is 16.8 Å². The zero-order chi connectivity index (χ0) is 15.1. The normalized spacial score (nSPS) is 10.7. The molecule has 2 aromatic rings. The average molecular weight is 287 g/mol. The van der Waals surface area contributed by atoms with Crippen molar-refractivity contribution in [2.45, 2.75) is 39.2 Å². The molecule has 5 nitrogen and oxygen atoms in total. The van der Waals surface area contributed by atoms with Gasteiger partial charge in [-0.3, -0.25) is 14.3 Å². The first kappa shape index (κ1) is 15.2. The molecule has 0 aliphatic heterocycles. The van der Waals surface area contributed by atoms with Gasteiger partial charge in [-0.15, -0.1) is 0 Å². The van der Waals surface area contributed by atoms with E-state index in [2.05, 4.69) is 17.3 Å². The van der Waals surface area contributed by atoms with Crippen molar-refractivity contribution in [1.29, 1.82) is 0 Å². The van der Waals surface area contributed by atoms with Gasteiger partial charge in [0.1, 0.15) is 0 Å². The Bertz CT molecular complexity index is 664. The number of hydrogen-bond acceptors (Lipinski definition) is 3. The molecule has 0 atom stereocenters. The fourth-order valence-corrected chi connectivity index (χ4v) is 2.24. The zero-order valence-corrected chi connectivity index (χ0v) is 12.3. The molecule has 0 aliphatic rings. The van der Waals surface area contributed by atoms with Crippen LogP contribution >= 0.6 is 0 Å². The molecule has 1 aromatic carbocycles. The molecule has 0 bridgehead atoms. The van der Waals surface area contributed by atoms with Crippen molar-refractivity contribution in [2.75, 3.05) is 6.54 Å². The van der Waals surface area contributed by atoms with Crippen LogP contribution in [0.2, 0.25) is 0 Å². The van der Waals surface area contributed by atoms with Gasteiger partial charge in [0.2, 0.25) is 11.3 Å². The van der Waals surface area contributed by atoms with Crippen molar-refractivity contribution < 1.29 is 4.79 Å². The second-order valence-electron chi connectivity index (χ2n) is 5.06. The number of rotatable bonds is 7. The maximum atomic E-state index is 11.8. The van der Waals surface area contributed by atoms with Gasteiger partial charge < -0.3 is 5.32 Å². The van der Waals surface area contributed by atoms with Crippen LogP contribution in [0.4, 0.5) is 0 Å². The van der Waals surface area contributed by atoms with Crippen molar-refractivity contribution in [3.8, 4) is 0 Å². The van der Waals surface area contributed by atoms with E-state index in [0.717, 1.165) is 31.3 Å². The highest BCUT2D eigenvalue weighted by Crippen LogP contribution is 2.08. The van der Waals surface area contributed by atoms with Gasteiger partial charge in [0.25, 0.3) is 0 Å². The minimum absolute atomic E-state index is 0.0238. The number of benzene rings is 1. The molecule has 1 amide bonds. The molecule has 21 heavy (non-hydrogen) atoms. The molecule has 0 radical (unpaired) electrons. The molecule has 0 saturated carbocycles. The Morgan fingerprint density at radius 3 is 2.90 bits per heavy atom. The van der Waals surface area contributed by atoms with Crippen molar-refractivity contribution in [1.82, 2.24) is 15.1 Å². The Morgan fingerprint density at radius 1 is 1.29 bits per heavy atom. The number of carbonyl (C=O) groups is 1. The fraction of sp³-hybridized carbons (Fsp3) is 0.438. The van der Waals surface area contributed by atoms with Crippen molar-refractivity contribution in [3.63, 3.8) is 0 Å². The van der Waals surface area contributed by atoms with Gasteiger partial charge in [0.05, 0.1) is 18.3 Å². The lowest BCUT2D eigenvalue weighted by Gasteiger charge is -2.09. The molecule has 0 fully saturated rings. The summed E-state index contributed by atoms with van der Waals surface area (Å²) in [6.45, 7) is 3.33. The molecule has 1 N–H and O–H groups in total. The van der Waals surface area contributed by atoms with E-state index in [-0.39, 0.29) is 11.3 Å². The fourth-order valence-electron chi connectivity index (χ4n) is 2.24. The first-order valence-corrected chi connectivity index (χ1v) is 7.44. The molecule has 0 spiro atoms. The molecule has 112 valence electrons. The van der Waals surface area contributed by atoms with Crippen LogP contribution in [0.25, 0.3) is 10.9 Å². The van der Waals surface area contributed by atoms with E-state index in [1.165, 1.54) is 6.20 Å². The maximum Gasteiger partial charge on any atom is 0.221 e. The number of carbonyl (C=O) groups excluding carboxylic acids is 1. The standard InChI is InChI=1S/C16H21N3O2/c1-2-3-6-10-17-16(21)9-11-19-14-8-5-4-7-13(14)15(20)12-18-19/h4-5,7-8,12H,2-3,6,9-11H2,1H3,(H,17,21). The topological polar surface area (TPSA) is 64.0 Å². The number of nitrogens with zero attached hydrogens (tertiary/aromatic N) is 2. The summed E-state index contributed by atoms with van der Waals surface area (Å²) in [5.74, 6) is 0.0238. The lowest BCUT2D eigenvalue weighted by atomic mass is 10.2. The number of hydrogen-bond donors (Lipinski definition) is 1. The van der Waals surface area contributed by atoms with Gasteiger partial charge in [-0.2, -0.15) is 5.10 Å². The van der Waals surface area contributed by atoms with Crippen LogP contribution in [0.3, 0.4) is 0 Å². The molecule has 1 heterocycles. The summed E-state index contributed by atoms with van der Waals surface area (Å²) in [5.41, 5.74) is 0.676. The highest BCUT2D eigenvalue weighted by atomic mass is 16.1. The Labute approximate surface area is 124 Å². The lowest BCUT2D eigenvalue weighted by molar-refractivity contribution is -0.121. The van der Waals surface area contributed by atoms with E-state index in [1.807, 2.05) is 18.2 Å². The molecule has 5 heteroatoms. The van der Waals surface area contributed by atoms with Crippen LogP contribution in [0.5, 0.6) is 0 Å². The molecular formula is C16H21N3O2. The predicted octanol–water partition coefficient (Wildman–Crippen LogP) is 2.09. The first-order valence-electron chi connectivity index (χ1n) is 7.44. The first-order chi connectivity index (χ1) is 10.2. The van der Waals surface area contributed by atoms with Gasteiger partial charge in [-0.1, -0.05) is 31.9 Å². The van der Waals surface area contributed by atoms with Gasteiger partial charge in [0, 0.05) is 18.4 Å². The number of aromatic nitrogens is 2. The summed E-state index contributed by atoms with van der Waals surface area (Å²) in [6, 6.07) is 7.32. The zero-order valence-electron chi connectivity index (χ0n) is 12.3. The van der Waals surface area contributed by atoms with Crippen LogP contribution in [0.15, 0.2) is 35.3 Å². The molecule has 0 saturated heterocycles. The van der Waals surface area contributed by atoms with Crippen LogP contribution in [0.1, 0.15) is 32.6 Å². The summed E-state index contributed by atoms with van der Waals surface area (Å²) < 4.78 is 1.71. The highest BCUT2D eigenvalue weighted by Gasteiger charge is 2.05. The minimum atomic E-state index is -0.0918. The Balaban J connectivity index is 1.96. The van der Waals surface area contributed by atoms with E-state index < -0.39 is 0 Å². The summed E-state index contributed by atoms with van der Waals surface area (Å²) in [6.07, 6.45) is 4.96. The summed E-state index contributed by atoms with van der Waals surface area (Å²) in [4.78, 5) is 23.5. The van der Waals surface area contributed by atoms with Crippen molar-refractivity contribution in [2.24, 2.45) is 0 Å². The quantitative estimate of drug-likeness (QED) is 0.793. The van der Waals surface area contributed by atoms with Gasteiger partial charge >= 0.3 is 0 Å². The second kappa shape index (κ2) is 7.57. The molecule has 1 aromatic heterocycles. The van der Waals surface area contributed by atoms with Crippen LogP contribution in [-0.2, 0) is 11.3 Å². The second-order valence-corrected chi connectivity index (χ2v) is 5.06. The largest absolute Gasteiger partial charge is 0.356 e. The number of para-hydroxylation sites is 1. The maximum absolute atomic E-state index is 11.8.